The molecule has 0 N–H and O–H groups in total. The number of hydrogen-bond donors (Lipinski definition) is 0. The van der Waals surface area contributed by atoms with Crippen LogP contribution in [0.3, 0.4) is 0 Å². The van der Waals surface area contributed by atoms with Crippen molar-refractivity contribution in [1.82, 2.24) is 0 Å². The van der Waals surface area contributed by atoms with E-state index in [4.69, 9.17) is 0 Å². The molecular formula is C7H16. The van der Waals surface area contributed by atoms with Crippen LogP contribution in [0.2, 0.25) is 0 Å². The van der Waals surface area contributed by atoms with Crippen LogP contribution >= 0.6 is 0 Å². The lowest BCUT2D eigenvalue weighted by Gasteiger charge is -1.85. The molecule has 0 nitrogen and oxygen atoms in total. The summed E-state index contributed by atoms with van der Waals surface area (Å²) in [7, 11) is 0. The Morgan fingerprint density at radius 2 is 0.571 bits per heavy atom. The molecular weight excluding hydrogens is 84.1 g/mol. The third kappa shape index (κ3) is 1.96. The van der Waals surface area contributed by atoms with E-state index in [1.165, 1.54) is 44.9 Å². The van der Waals surface area contributed by atoms with E-state index in [-0.39, 0.29) is 1.43 Å². The van der Waals surface area contributed by atoms with Crippen LogP contribution in [0.15, 0.2) is 0 Å². The van der Waals surface area contributed by atoms with Crippen molar-refractivity contribution >= 4 is 0 Å². The van der Waals surface area contributed by atoms with E-state index in [0.717, 1.165) is 0 Å². The first-order valence-electron chi connectivity index (χ1n) is 3.50. The summed E-state index contributed by atoms with van der Waals surface area (Å²) in [6.07, 6.45) is 10.5. The van der Waals surface area contributed by atoms with E-state index >= 15 is 0 Å². The Bertz CT molecular complexity index is 24.0. The number of hydrogen-bond acceptors (Lipinski definition) is 0. The Morgan fingerprint density at radius 3 is 0.714 bits per heavy atom. The third-order valence-corrected chi connectivity index (χ3v) is 1.75. The predicted octanol–water partition coefficient (Wildman–Crippen LogP) is 2.98. The Balaban J connectivity index is 0.000000490. The van der Waals surface area contributed by atoms with Gasteiger partial charge in [-0.05, 0) is 0 Å². The lowest BCUT2D eigenvalue weighted by Crippen LogP contribution is -1.66. The molecule has 0 aliphatic heterocycles. The van der Waals surface area contributed by atoms with Gasteiger partial charge in [-0.1, -0.05) is 44.9 Å². The van der Waals surface area contributed by atoms with Gasteiger partial charge in [0, 0.05) is 1.43 Å². The van der Waals surface area contributed by atoms with Crippen molar-refractivity contribution in [2.24, 2.45) is 0 Å². The average molecular weight is 100 g/mol. The van der Waals surface area contributed by atoms with Crippen LogP contribution in [0.4, 0.5) is 0 Å². The zero-order chi connectivity index (χ0) is 4.95. The third-order valence-electron chi connectivity index (χ3n) is 1.75. The Hall–Kier alpha value is 0. The highest BCUT2D eigenvalue weighted by Crippen LogP contribution is 2.15. The molecule has 0 aromatic heterocycles. The van der Waals surface area contributed by atoms with E-state index in [2.05, 4.69) is 0 Å². The zero-order valence-corrected chi connectivity index (χ0v) is 4.95. The van der Waals surface area contributed by atoms with Crippen molar-refractivity contribution in [3.8, 4) is 0 Å². The van der Waals surface area contributed by atoms with Crippen LogP contribution in [0, 0.1) is 0 Å². The second-order valence-corrected chi connectivity index (χ2v) is 2.47. The minimum atomic E-state index is 0. The molecule has 0 heteroatoms. The molecule has 0 heterocycles. The van der Waals surface area contributed by atoms with Gasteiger partial charge in [0.1, 0.15) is 0 Å². The Kier molecular flexibility index (Phi) is 2.25. The van der Waals surface area contributed by atoms with Crippen molar-refractivity contribution in [3.05, 3.63) is 0 Å². The van der Waals surface area contributed by atoms with E-state index < -0.39 is 0 Å². The summed E-state index contributed by atoms with van der Waals surface area (Å²) in [5.41, 5.74) is 0. The molecule has 1 aliphatic carbocycles. The second-order valence-electron chi connectivity index (χ2n) is 2.47. The molecule has 7 heavy (non-hydrogen) atoms. The van der Waals surface area contributed by atoms with Gasteiger partial charge in [0.15, 0.2) is 0 Å². The van der Waals surface area contributed by atoms with Crippen molar-refractivity contribution in [2.45, 2.75) is 44.9 Å². The summed E-state index contributed by atoms with van der Waals surface area (Å²) in [6.45, 7) is 0. The molecule has 0 saturated heterocycles. The van der Waals surface area contributed by atoms with Crippen LogP contribution < -0.4 is 0 Å². The van der Waals surface area contributed by atoms with Crippen LogP contribution in [-0.2, 0) is 0 Å². The molecule has 0 aromatic carbocycles. The maximum absolute atomic E-state index is 1.50. The molecule has 44 valence electrons. The van der Waals surface area contributed by atoms with Gasteiger partial charge in [-0.25, -0.2) is 0 Å². The lowest BCUT2D eigenvalue weighted by molar-refractivity contribution is 0.702. The van der Waals surface area contributed by atoms with E-state index in [0.29, 0.717) is 0 Å². The quantitative estimate of drug-likeness (QED) is 0.410. The van der Waals surface area contributed by atoms with Crippen molar-refractivity contribution in [1.29, 1.82) is 0 Å². The fraction of sp³-hybridized carbons (Fsp3) is 1.00. The second kappa shape index (κ2) is 3.06. The van der Waals surface area contributed by atoms with Crippen LogP contribution in [0.1, 0.15) is 46.4 Å². The summed E-state index contributed by atoms with van der Waals surface area (Å²) in [4.78, 5) is 0. The van der Waals surface area contributed by atoms with E-state index in [9.17, 15) is 0 Å². The molecule has 1 saturated carbocycles. The van der Waals surface area contributed by atoms with E-state index in [1.54, 1.807) is 0 Å². The largest absolute Gasteiger partial charge is 0.0533 e. The lowest BCUT2D eigenvalue weighted by atomic mass is 10.2. The van der Waals surface area contributed by atoms with Gasteiger partial charge < -0.3 is 0 Å². The van der Waals surface area contributed by atoms with Crippen LogP contribution in [-0.4, -0.2) is 0 Å². The summed E-state index contributed by atoms with van der Waals surface area (Å²) >= 11 is 0. The molecule has 1 fully saturated rings. The maximum atomic E-state index is 1.50. The highest BCUT2D eigenvalue weighted by molar-refractivity contribution is 4.51. The van der Waals surface area contributed by atoms with Gasteiger partial charge in [-0.15, -0.1) is 0 Å². The van der Waals surface area contributed by atoms with Gasteiger partial charge in [0.05, 0.1) is 0 Å². The standard InChI is InChI=1S/C7H14.H2/c1-2-4-6-7-5-3-1;/h1-7H2;1H. The van der Waals surface area contributed by atoms with Gasteiger partial charge in [0.2, 0.25) is 0 Å². The topological polar surface area (TPSA) is 0 Å². The summed E-state index contributed by atoms with van der Waals surface area (Å²) in [6, 6.07) is 0. The first-order chi connectivity index (χ1) is 3.50. The van der Waals surface area contributed by atoms with Gasteiger partial charge in [0.25, 0.3) is 0 Å². The molecule has 0 amide bonds. The molecule has 0 bridgehead atoms. The molecule has 0 aromatic rings. The summed E-state index contributed by atoms with van der Waals surface area (Å²) in [5.74, 6) is 0. The highest BCUT2D eigenvalue weighted by Gasteiger charge is 1.95. The monoisotopic (exact) mass is 100 g/mol. The maximum Gasteiger partial charge on any atom is 0 e. The van der Waals surface area contributed by atoms with Gasteiger partial charge in [-0.2, -0.15) is 0 Å². The normalized spacial score (nSPS) is 24.0. The minimum absolute atomic E-state index is 0. The summed E-state index contributed by atoms with van der Waals surface area (Å²) in [5, 5.41) is 0. The average Bonchev–Trinajstić information content (AvgIpc) is 1.90. The molecule has 1 rings (SSSR count). The molecule has 0 radical (unpaired) electrons. The first-order valence-corrected chi connectivity index (χ1v) is 3.50. The van der Waals surface area contributed by atoms with Crippen LogP contribution in [0.25, 0.3) is 0 Å². The van der Waals surface area contributed by atoms with E-state index in [1.807, 2.05) is 0 Å². The van der Waals surface area contributed by atoms with Crippen molar-refractivity contribution in [3.63, 3.8) is 0 Å². The first kappa shape index (κ1) is 5.14. The molecule has 0 unspecified atom stereocenters. The molecule has 1 aliphatic rings. The smallest absolute Gasteiger partial charge is 0 e. The molecule has 0 atom stereocenters. The SMILES string of the molecule is C1CCCCCC1.[HH]. The van der Waals surface area contributed by atoms with Crippen molar-refractivity contribution < 1.29 is 1.43 Å². The Labute approximate surface area is 47.4 Å². The highest BCUT2D eigenvalue weighted by atomic mass is 14.0. The summed E-state index contributed by atoms with van der Waals surface area (Å²) < 4.78 is 0. The van der Waals surface area contributed by atoms with Gasteiger partial charge in [-0.3, -0.25) is 0 Å². The minimum Gasteiger partial charge on any atom is -0.0533 e. The Morgan fingerprint density at radius 1 is 0.429 bits per heavy atom. The van der Waals surface area contributed by atoms with Gasteiger partial charge >= 0.3 is 0 Å². The fourth-order valence-electron chi connectivity index (χ4n) is 1.24. The number of rotatable bonds is 0. The van der Waals surface area contributed by atoms with Crippen LogP contribution in [0.5, 0.6) is 0 Å². The fourth-order valence-corrected chi connectivity index (χ4v) is 1.24. The molecule has 0 spiro atoms. The van der Waals surface area contributed by atoms with Crippen molar-refractivity contribution in [2.75, 3.05) is 0 Å². The predicted molar refractivity (Wildman–Crippen MR) is 34.4 cm³/mol. The zero-order valence-electron chi connectivity index (χ0n) is 4.95.